The molecule has 1 unspecified atom stereocenters. The molecule has 1 aliphatic heterocycles. The van der Waals surface area contributed by atoms with Gasteiger partial charge in [-0.1, -0.05) is 12.1 Å². The first-order chi connectivity index (χ1) is 12.4. The fourth-order valence-corrected chi connectivity index (χ4v) is 3.53. The number of rotatable bonds is 5. The Morgan fingerprint density at radius 3 is 2.69 bits per heavy atom. The Morgan fingerprint density at radius 2 is 2.00 bits per heavy atom. The highest BCUT2D eigenvalue weighted by Gasteiger charge is 2.37. The summed E-state index contributed by atoms with van der Waals surface area (Å²) in [6.45, 7) is 0.158. The van der Waals surface area contributed by atoms with Gasteiger partial charge in [0.15, 0.2) is 0 Å². The monoisotopic (exact) mass is 361 g/mol. The second kappa shape index (κ2) is 8.07. The van der Waals surface area contributed by atoms with Gasteiger partial charge < -0.3 is 31.2 Å². The van der Waals surface area contributed by atoms with Crippen LogP contribution in [0.2, 0.25) is 0 Å². The zero-order valence-corrected chi connectivity index (χ0v) is 14.5. The number of fused-ring (bicyclic) bond motifs is 1. The number of carboxylic acid groups (broad SMARTS) is 1. The van der Waals surface area contributed by atoms with Gasteiger partial charge in [-0.05, 0) is 43.7 Å². The van der Waals surface area contributed by atoms with E-state index in [1.807, 2.05) is 0 Å². The van der Waals surface area contributed by atoms with Crippen molar-refractivity contribution in [3.63, 3.8) is 0 Å². The first-order valence-corrected chi connectivity index (χ1v) is 8.92. The van der Waals surface area contributed by atoms with Crippen LogP contribution in [0.15, 0.2) is 18.2 Å². The van der Waals surface area contributed by atoms with Crippen LogP contribution in [0.1, 0.15) is 41.6 Å². The van der Waals surface area contributed by atoms with Crippen LogP contribution in [0.4, 0.5) is 0 Å². The average molecular weight is 361 g/mol. The number of amides is 1. The molecule has 9 heteroatoms. The van der Waals surface area contributed by atoms with Crippen LogP contribution >= 0.6 is 0 Å². The molecule has 8 nitrogen and oxygen atoms in total. The summed E-state index contributed by atoms with van der Waals surface area (Å²) < 4.78 is 5.37. The third-order valence-corrected chi connectivity index (χ3v) is 5.02. The van der Waals surface area contributed by atoms with Crippen molar-refractivity contribution in [3.05, 3.63) is 29.3 Å². The van der Waals surface area contributed by atoms with Gasteiger partial charge in [-0.15, -0.1) is 0 Å². The highest BCUT2D eigenvalue weighted by Crippen LogP contribution is 2.30. The largest absolute Gasteiger partial charge is 0.547 e. The average Bonchev–Trinajstić information content (AvgIpc) is 2.61. The minimum Gasteiger partial charge on any atom is -0.534 e. The van der Waals surface area contributed by atoms with Crippen molar-refractivity contribution in [1.29, 1.82) is 0 Å². The molecule has 0 radical (unpaired) electrons. The van der Waals surface area contributed by atoms with Crippen LogP contribution < -0.4 is 21.0 Å². The first-order valence-electron chi connectivity index (χ1n) is 8.92. The summed E-state index contributed by atoms with van der Waals surface area (Å²) >= 11 is 0. The number of para-hydroxylation sites is 1. The fraction of sp³-hybridized carbons (Fsp3) is 0.529. The maximum atomic E-state index is 12.2. The lowest BCUT2D eigenvalue weighted by molar-refractivity contribution is -0.120. The summed E-state index contributed by atoms with van der Waals surface area (Å²) in [5.41, 5.74) is 6.53. The fourth-order valence-electron chi connectivity index (χ4n) is 3.53. The summed E-state index contributed by atoms with van der Waals surface area (Å²) in [6, 6.07) is 5.32. The molecule has 0 spiro atoms. The predicted molar refractivity (Wildman–Crippen MR) is 95.9 cm³/mol. The van der Waals surface area contributed by atoms with Crippen LogP contribution in [-0.4, -0.2) is 53.7 Å². The Balaban J connectivity index is 1.54. The molecule has 3 rings (SSSR count). The van der Waals surface area contributed by atoms with Gasteiger partial charge in [0.05, 0.1) is 18.0 Å². The minimum atomic E-state index is -1.29. The molecule has 1 aromatic rings. The number of hydrogen-bond acceptors (Lipinski definition) is 6. The highest BCUT2D eigenvalue weighted by molar-refractivity contribution is 6.47. The van der Waals surface area contributed by atoms with Crippen molar-refractivity contribution >= 4 is 19.0 Å². The van der Waals surface area contributed by atoms with Crippen molar-refractivity contribution in [3.8, 4) is 5.75 Å². The van der Waals surface area contributed by atoms with Crippen molar-refractivity contribution < 1.29 is 24.4 Å². The Bertz CT molecular complexity index is 678. The van der Waals surface area contributed by atoms with E-state index in [2.05, 4.69) is 10.6 Å². The lowest BCUT2D eigenvalue weighted by Gasteiger charge is -2.30. The lowest BCUT2D eigenvalue weighted by atomic mass is 9.72. The van der Waals surface area contributed by atoms with Crippen LogP contribution in [0.5, 0.6) is 5.75 Å². The maximum Gasteiger partial charge on any atom is 0.547 e. The Labute approximate surface area is 152 Å². The van der Waals surface area contributed by atoms with Gasteiger partial charge in [0.1, 0.15) is 5.75 Å². The van der Waals surface area contributed by atoms with E-state index in [0.717, 1.165) is 25.7 Å². The molecule has 1 aromatic carbocycles. The summed E-state index contributed by atoms with van der Waals surface area (Å²) in [5, 5.41) is 25.3. The number of nitrogens with one attached hydrogen (secondary N) is 2. The van der Waals surface area contributed by atoms with Crippen LogP contribution in [0.3, 0.4) is 0 Å². The lowest BCUT2D eigenvalue weighted by Crippen LogP contribution is -2.55. The van der Waals surface area contributed by atoms with E-state index >= 15 is 0 Å². The van der Waals surface area contributed by atoms with Crippen molar-refractivity contribution in [2.24, 2.45) is 5.73 Å². The van der Waals surface area contributed by atoms with E-state index in [1.54, 1.807) is 12.1 Å². The van der Waals surface area contributed by atoms with Crippen LogP contribution in [0.25, 0.3) is 0 Å². The van der Waals surface area contributed by atoms with E-state index in [-0.39, 0.29) is 35.8 Å². The molecular weight excluding hydrogens is 337 g/mol. The van der Waals surface area contributed by atoms with Crippen LogP contribution in [0, 0.1) is 0 Å². The van der Waals surface area contributed by atoms with Gasteiger partial charge in [-0.2, -0.15) is 0 Å². The Kier molecular flexibility index (Phi) is 5.80. The number of aromatic carboxylic acids is 1. The van der Waals surface area contributed by atoms with Crippen molar-refractivity contribution in [1.82, 2.24) is 10.6 Å². The Morgan fingerprint density at radius 1 is 1.27 bits per heavy atom. The third kappa shape index (κ3) is 4.35. The second-order valence-electron chi connectivity index (χ2n) is 6.98. The molecule has 2 aliphatic rings. The molecule has 1 fully saturated rings. The molecular formula is C17H24BN3O5. The highest BCUT2D eigenvalue weighted by atomic mass is 16.5. The number of nitrogens with two attached hydrogens (primary N) is 1. The number of carboxylic acids is 1. The van der Waals surface area contributed by atoms with E-state index < -0.39 is 19.0 Å². The van der Waals surface area contributed by atoms with Gasteiger partial charge in [-0.3, -0.25) is 4.79 Å². The molecule has 0 bridgehead atoms. The summed E-state index contributed by atoms with van der Waals surface area (Å²) in [5.74, 6) is -1.81. The maximum absolute atomic E-state index is 12.2. The molecule has 140 valence electrons. The molecule has 1 aliphatic carbocycles. The topological polar surface area (TPSA) is 134 Å². The first kappa shape index (κ1) is 18.7. The van der Waals surface area contributed by atoms with Crippen molar-refractivity contribution in [2.75, 3.05) is 6.54 Å². The molecule has 0 saturated heterocycles. The van der Waals surface area contributed by atoms with Gasteiger partial charge in [0.2, 0.25) is 5.91 Å². The molecule has 1 amide bonds. The Hall–Kier alpha value is -2.10. The number of hydrogen-bond donors (Lipinski definition) is 5. The normalized spacial score (nSPS) is 25.2. The summed E-state index contributed by atoms with van der Waals surface area (Å²) in [4.78, 5) is 23.4. The molecule has 1 atom stereocenters. The van der Waals surface area contributed by atoms with Crippen LogP contribution in [-0.2, 0) is 11.2 Å². The number of benzene rings is 1. The summed E-state index contributed by atoms with van der Waals surface area (Å²) in [7, 11) is -1.29. The smallest absolute Gasteiger partial charge is 0.534 e. The molecule has 6 N–H and O–H groups in total. The number of carbonyl (C=O) groups excluding carboxylic acids is 1. The van der Waals surface area contributed by atoms with Crippen molar-refractivity contribution in [2.45, 2.75) is 50.1 Å². The molecule has 1 heterocycles. The molecule has 1 saturated carbocycles. The quantitative estimate of drug-likeness (QED) is 0.454. The molecule has 0 aromatic heterocycles. The predicted octanol–water partition coefficient (Wildman–Crippen LogP) is -0.316. The van der Waals surface area contributed by atoms with Gasteiger partial charge in [0, 0.05) is 12.1 Å². The van der Waals surface area contributed by atoms with E-state index in [0.29, 0.717) is 12.0 Å². The number of carbonyl (C=O) groups is 2. The minimum absolute atomic E-state index is 0.00324. The zero-order chi connectivity index (χ0) is 18.7. The van der Waals surface area contributed by atoms with E-state index in [4.69, 9.17) is 10.4 Å². The van der Waals surface area contributed by atoms with Gasteiger partial charge in [0.25, 0.3) is 0 Å². The van der Waals surface area contributed by atoms with Gasteiger partial charge >= 0.3 is 13.1 Å². The van der Waals surface area contributed by atoms with E-state index in [1.165, 1.54) is 6.07 Å². The van der Waals surface area contributed by atoms with Gasteiger partial charge in [-0.25, -0.2) is 4.79 Å². The molecule has 26 heavy (non-hydrogen) atoms. The SMILES string of the molecule is NC1CCC(NCC(=O)NC2Cc3cccc(C(=O)O)c3OB2O)CC1. The summed E-state index contributed by atoms with van der Waals surface area (Å²) in [6.07, 6.45) is 4.12. The standard InChI is InChI=1S/C17H24BN3O5/c19-11-4-6-12(7-5-11)20-9-15(22)21-14-8-10-2-1-3-13(17(23)24)16(10)26-18(14)25/h1-3,11-12,14,20,25H,4-9,19H2,(H,21,22)(H,23,24). The third-order valence-electron chi connectivity index (χ3n) is 5.02. The van der Waals surface area contributed by atoms with E-state index in [9.17, 15) is 19.7 Å². The zero-order valence-electron chi connectivity index (χ0n) is 14.5. The second-order valence-corrected chi connectivity index (χ2v) is 6.98.